The molecule has 0 heterocycles. The summed E-state index contributed by atoms with van der Waals surface area (Å²) in [6.45, 7) is 4.81. The first kappa shape index (κ1) is 60.8. The third-order valence-electron chi connectivity index (χ3n) is 12.3. The van der Waals surface area contributed by atoms with Crippen LogP contribution in [0.3, 0.4) is 0 Å². The van der Waals surface area contributed by atoms with Gasteiger partial charge in [-0.2, -0.15) is 0 Å². The molecule has 6 nitrogen and oxygen atoms in total. The Hall–Kier alpha value is -2.18. The predicted molar refractivity (Wildman–Crippen MR) is 273 cm³/mol. The minimum atomic E-state index is -0.856. The van der Waals surface area contributed by atoms with Crippen LogP contribution in [0, 0.1) is 0 Å². The second kappa shape index (κ2) is 52.4. The van der Waals surface area contributed by atoms with Gasteiger partial charge in [-0.1, -0.05) is 229 Å². The number of aliphatic hydroxyl groups is 2. The molecule has 0 saturated carbocycles. The number of aliphatic hydroxyl groups excluding tert-OH is 2. The summed E-state index contributed by atoms with van der Waals surface area (Å²) in [4.78, 5) is 24.5. The fourth-order valence-electron chi connectivity index (χ4n) is 8.08. The lowest BCUT2D eigenvalue weighted by Crippen LogP contribution is -2.45. The van der Waals surface area contributed by atoms with E-state index >= 15 is 0 Å². The second-order valence-corrected chi connectivity index (χ2v) is 18.5. The third kappa shape index (κ3) is 49.1. The molecule has 0 aromatic carbocycles. The van der Waals surface area contributed by atoms with E-state index in [1.165, 1.54) is 173 Å². The summed E-state index contributed by atoms with van der Waals surface area (Å²) >= 11 is 0. The zero-order chi connectivity index (χ0) is 45.8. The van der Waals surface area contributed by atoms with Crippen molar-refractivity contribution in [1.29, 1.82) is 0 Å². The molecule has 0 rings (SSSR count). The molecule has 0 aliphatic rings. The van der Waals surface area contributed by atoms with Crippen LogP contribution in [0.25, 0.3) is 0 Å². The van der Waals surface area contributed by atoms with E-state index < -0.39 is 12.1 Å². The van der Waals surface area contributed by atoms with Gasteiger partial charge in [-0.15, -0.1) is 0 Å². The van der Waals surface area contributed by atoms with Crippen molar-refractivity contribution in [2.45, 2.75) is 289 Å². The summed E-state index contributed by atoms with van der Waals surface area (Å²) in [5.41, 5.74) is 0. The lowest BCUT2D eigenvalue weighted by atomic mass is 10.0. The summed E-state index contributed by atoms with van der Waals surface area (Å²) in [5, 5.41) is 23.1. The van der Waals surface area contributed by atoms with Gasteiger partial charge in [-0.3, -0.25) is 9.59 Å². The molecule has 63 heavy (non-hydrogen) atoms. The molecule has 2 unspecified atom stereocenters. The number of carbonyl (C=O) groups excluding carboxylic acids is 2. The molecular formula is C57H105NO5. The Morgan fingerprint density at radius 2 is 0.825 bits per heavy atom. The first-order valence-electron chi connectivity index (χ1n) is 27.4. The largest absolute Gasteiger partial charge is 0.466 e. The highest BCUT2D eigenvalue weighted by atomic mass is 16.5. The predicted octanol–water partition coefficient (Wildman–Crippen LogP) is 16.6. The van der Waals surface area contributed by atoms with Gasteiger partial charge in [0.1, 0.15) is 0 Å². The monoisotopic (exact) mass is 884 g/mol. The zero-order valence-electron chi connectivity index (χ0n) is 41.8. The first-order chi connectivity index (χ1) is 31.0. The summed E-state index contributed by atoms with van der Waals surface area (Å²) in [5.74, 6) is -0.105. The fourth-order valence-corrected chi connectivity index (χ4v) is 8.08. The van der Waals surface area contributed by atoms with Gasteiger partial charge in [0.2, 0.25) is 5.91 Å². The highest BCUT2D eigenvalue weighted by molar-refractivity contribution is 5.76. The fraction of sp³-hybridized carbons (Fsp3) is 0.825. The molecule has 6 heteroatoms. The van der Waals surface area contributed by atoms with Crippen molar-refractivity contribution in [3.8, 4) is 0 Å². The molecule has 0 fully saturated rings. The van der Waals surface area contributed by atoms with Crippen LogP contribution in [0.1, 0.15) is 277 Å². The maximum atomic E-state index is 12.4. The summed E-state index contributed by atoms with van der Waals surface area (Å²) < 4.78 is 5.45. The van der Waals surface area contributed by atoms with Gasteiger partial charge >= 0.3 is 5.97 Å². The van der Waals surface area contributed by atoms with Crippen LogP contribution >= 0.6 is 0 Å². The van der Waals surface area contributed by atoms with Gasteiger partial charge in [0.05, 0.1) is 25.4 Å². The Labute approximate surface area is 391 Å². The molecule has 0 radical (unpaired) electrons. The molecule has 0 aromatic rings. The standard InChI is InChI=1S/C57H105NO5/c1-3-5-7-9-11-13-15-17-18-19-22-26-29-33-37-41-45-49-55(60)54(53-59)58-56(61)50-46-42-38-34-30-27-23-20-21-24-28-32-36-40-44-48-52-63-57(62)51-47-43-39-35-31-25-16-14-12-10-8-6-4-2/h8,10,14,16,20,23,45,49,54-55,59-60H,3-7,9,11-13,15,17-19,21-22,24-44,46-48,50-53H2,1-2H3,(H,58,61)/b10-8-,16-14-,23-20-,49-45+. The normalized spacial score (nSPS) is 13.0. The molecule has 1 amide bonds. The number of nitrogens with one attached hydrogen (secondary N) is 1. The summed E-state index contributed by atoms with van der Waals surface area (Å²) in [7, 11) is 0. The molecule has 0 bridgehead atoms. The van der Waals surface area contributed by atoms with E-state index in [0.717, 1.165) is 77.0 Å². The minimum absolute atomic E-state index is 0.0199. The number of unbranched alkanes of at least 4 members (excludes halogenated alkanes) is 33. The van der Waals surface area contributed by atoms with Crippen LogP contribution < -0.4 is 5.32 Å². The molecule has 2 atom stereocenters. The number of allylic oxidation sites excluding steroid dienone is 7. The van der Waals surface area contributed by atoms with Gasteiger partial charge < -0.3 is 20.3 Å². The van der Waals surface area contributed by atoms with Crippen molar-refractivity contribution in [2.24, 2.45) is 0 Å². The van der Waals surface area contributed by atoms with Gasteiger partial charge in [-0.05, 0) is 83.5 Å². The van der Waals surface area contributed by atoms with E-state index in [4.69, 9.17) is 4.74 Å². The van der Waals surface area contributed by atoms with Crippen LogP contribution in [0.4, 0.5) is 0 Å². The summed E-state index contributed by atoms with van der Waals surface area (Å²) in [6, 6.07) is -0.641. The number of carbonyl (C=O) groups is 2. The molecule has 0 aliphatic heterocycles. The van der Waals surface area contributed by atoms with E-state index in [0.29, 0.717) is 19.4 Å². The zero-order valence-corrected chi connectivity index (χ0v) is 41.8. The van der Waals surface area contributed by atoms with Crippen LogP contribution in [-0.4, -0.2) is 47.4 Å². The van der Waals surface area contributed by atoms with E-state index in [2.05, 4.69) is 55.6 Å². The molecule has 0 aromatic heterocycles. The van der Waals surface area contributed by atoms with Crippen molar-refractivity contribution in [2.75, 3.05) is 13.2 Å². The number of hydrogen-bond donors (Lipinski definition) is 3. The van der Waals surface area contributed by atoms with Crippen molar-refractivity contribution in [3.05, 3.63) is 48.6 Å². The average Bonchev–Trinajstić information content (AvgIpc) is 3.28. The molecule has 0 aliphatic carbocycles. The highest BCUT2D eigenvalue weighted by Gasteiger charge is 2.18. The van der Waals surface area contributed by atoms with E-state index in [9.17, 15) is 19.8 Å². The van der Waals surface area contributed by atoms with E-state index in [1.807, 2.05) is 6.08 Å². The van der Waals surface area contributed by atoms with Crippen molar-refractivity contribution in [3.63, 3.8) is 0 Å². The topological polar surface area (TPSA) is 95.9 Å². The molecular weight excluding hydrogens is 779 g/mol. The Morgan fingerprint density at radius 1 is 0.444 bits per heavy atom. The van der Waals surface area contributed by atoms with Gasteiger partial charge in [0.25, 0.3) is 0 Å². The number of esters is 1. The molecule has 3 N–H and O–H groups in total. The van der Waals surface area contributed by atoms with Gasteiger partial charge in [-0.25, -0.2) is 0 Å². The van der Waals surface area contributed by atoms with Gasteiger partial charge in [0, 0.05) is 12.8 Å². The van der Waals surface area contributed by atoms with Crippen LogP contribution in [0.15, 0.2) is 48.6 Å². The Morgan fingerprint density at radius 3 is 1.29 bits per heavy atom. The van der Waals surface area contributed by atoms with E-state index in [-0.39, 0.29) is 18.5 Å². The quantitative estimate of drug-likeness (QED) is 0.0321. The summed E-state index contributed by atoms with van der Waals surface area (Å²) in [6.07, 6.45) is 65.4. The number of ether oxygens (including phenoxy) is 1. The highest BCUT2D eigenvalue weighted by Crippen LogP contribution is 2.15. The van der Waals surface area contributed by atoms with Crippen LogP contribution in [0.5, 0.6) is 0 Å². The molecule has 0 spiro atoms. The Kier molecular flexibility index (Phi) is 50.6. The number of rotatable bonds is 50. The lowest BCUT2D eigenvalue weighted by Gasteiger charge is -2.20. The Bertz CT molecular complexity index is 1070. The van der Waals surface area contributed by atoms with Crippen LogP contribution in [-0.2, 0) is 14.3 Å². The third-order valence-corrected chi connectivity index (χ3v) is 12.3. The van der Waals surface area contributed by atoms with Crippen molar-refractivity contribution < 1.29 is 24.5 Å². The average molecular weight is 884 g/mol. The molecule has 368 valence electrons. The van der Waals surface area contributed by atoms with Crippen molar-refractivity contribution >= 4 is 11.9 Å². The smallest absolute Gasteiger partial charge is 0.305 e. The van der Waals surface area contributed by atoms with Crippen LogP contribution in [0.2, 0.25) is 0 Å². The number of hydrogen-bond acceptors (Lipinski definition) is 5. The second-order valence-electron chi connectivity index (χ2n) is 18.5. The Balaban J connectivity index is 3.52. The van der Waals surface area contributed by atoms with Gasteiger partial charge in [0.15, 0.2) is 0 Å². The van der Waals surface area contributed by atoms with E-state index in [1.54, 1.807) is 6.08 Å². The number of amides is 1. The SMILES string of the molecule is CCC/C=C\C/C=C\CCCCCCCC(=O)OCCCCCCCCC/C=C\CCCCCCCC(=O)NC(CO)C(O)/C=C/CCCCCCCCCCCCCCCCC. The minimum Gasteiger partial charge on any atom is -0.466 e. The van der Waals surface area contributed by atoms with Crippen molar-refractivity contribution in [1.82, 2.24) is 5.32 Å². The maximum Gasteiger partial charge on any atom is 0.305 e. The molecule has 0 saturated heterocycles. The first-order valence-corrected chi connectivity index (χ1v) is 27.4. The lowest BCUT2D eigenvalue weighted by molar-refractivity contribution is -0.143. The maximum absolute atomic E-state index is 12.4.